The van der Waals surface area contributed by atoms with Crippen molar-refractivity contribution in [3.8, 4) is 0 Å². The number of benzene rings is 2. The molecule has 2 unspecified atom stereocenters. The zero-order chi connectivity index (χ0) is 24.4. The van der Waals surface area contributed by atoms with E-state index in [4.69, 9.17) is 4.74 Å². The van der Waals surface area contributed by atoms with Gasteiger partial charge in [0.05, 0.1) is 6.04 Å². The van der Waals surface area contributed by atoms with Crippen molar-refractivity contribution < 1.29 is 18.3 Å². The van der Waals surface area contributed by atoms with Gasteiger partial charge in [0.2, 0.25) is 0 Å². The number of carbonyl (C=O) groups excluding carboxylic acids is 1. The first-order valence-corrected chi connectivity index (χ1v) is 12.6. The minimum atomic E-state index is -2.93. The summed E-state index contributed by atoms with van der Waals surface area (Å²) in [4.78, 5) is 13.6. The first-order valence-electron chi connectivity index (χ1n) is 12.6. The predicted molar refractivity (Wildman–Crippen MR) is 131 cm³/mol. The summed E-state index contributed by atoms with van der Waals surface area (Å²) in [6.07, 6.45) is 7.56. The molecule has 34 heavy (non-hydrogen) atoms. The van der Waals surface area contributed by atoms with E-state index in [1.165, 1.54) is 18.2 Å². The van der Waals surface area contributed by atoms with Crippen LogP contribution in [-0.2, 0) is 10.7 Å². The Morgan fingerprint density at radius 2 is 1.74 bits per heavy atom. The van der Waals surface area contributed by atoms with Crippen molar-refractivity contribution in [2.45, 2.75) is 77.7 Å². The van der Waals surface area contributed by atoms with E-state index in [0.717, 1.165) is 70.6 Å². The van der Waals surface area contributed by atoms with Crippen LogP contribution in [0.25, 0.3) is 0 Å². The predicted octanol–water partition coefficient (Wildman–Crippen LogP) is 7.35. The number of halogens is 2. The van der Waals surface area contributed by atoms with E-state index in [1.54, 1.807) is 6.92 Å². The number of hydrogen-bond acceptors (Lipinski definition) is 2. The van der Waals surface area contributed by atoms with Crippen molar-refractivity contribution in [3.63, 3.8) is 0 Å². The molecule has 1 saturated carbocycles. The Balaban J connectivity index is 1.69. The molecule has 0 aromatic heterocycles. The lowest BCUT2D eigenvalue weighted by Crippen LogP contribution is -2.55. The molecule has 4 rings (SSSR count). The van der Waals surface area contributed by atoms with Crippen molar-refractivity contribution >= 4 is 5.91 Å². The fourth-order valence-electron chi connectivity index (χ4n) is 6.13. The van der Waals surface area contributed by atoms with Gasteiger partial charge in [0.1, 0.15) is 0 Å². The van der Waals surface area contributed by atoms with E-state index >= 15 is 0 Å². The topological polar surface area (TPSA) is 38.3 Å². The second-order valence-electron chi connectivity index (χ2n) is 10.6. The number of aryl methyl sites for hydroxylation is 1. The van der Waals surface area contributed by atoms with Crippen LogP contribution in [0.15, 0.2) is 48.5 Å². The Morgan fingerprint density at radius 3 is 2.35 bits per heavy atom. The SMILES string of the molecule is Cc1cc(C(C)(F)F)ccc1C(=O)NC(c1ccccc1)C1(C2(C)CCCCOCC2)CCC1. The van der Waals surface area contributed by atoms with Gasteiger partial charge in [-0.1, -0.05) is 56.2 Å². The second-order valence-corrected chi connectivity index (χ2v) is 10.6. The number of hydrogen-bond donors (Lipinski definition) is 1. The highest BCUT2D eigenvalue weighted by atomic mass is 19.3. The van der Waals surface area contributed by atoms with E-state index in [0.29, 0.717) is 11.1 Å². The highest BCUT2D eigenvalue weighted by Gasteiger charge is 2.56. The monoisotopic (exact) mass is 469 g/mol. The molecule has 1 amide bonds. The van der Waals surface area contributed by atoms with Gasteiger partial charge in [-0.05, 0) is 67.7 Å². The van der Waals surface area contributed by atoms with Gasteiger partial charge in [-0.2, -0.15) is 0 Å². The zero-order valence-electron chi connectivity index (χ0n) is 20.6. The minimum Gasteiger partial charge on any atom is -0.381 e. The maximum atomic E-state index is 13.8. The van der Waals surface area contributed by atoms with Gasteiger partial charge >= 0.3 is 0 Å². The molecule has 1 aliphatic carbocycles. The minimum absolute atomic E-state index is 0.0443. The van der Waals surface area contributed by atoms with Gasteiger partial charge in [0.15, 0.2) is 0 Å². The van der Waals surface area contributed by atoms with E-state index in [-0.39, 0.29) is 28.3 Å². The lowest BCUT2D eigenvalue weighted by Gasteiger charge is -2.59. The second kappa shape index (κ2) is 9.77. The summed E-state index contributed by atoms with van der Waals surface area (Å²) in [6, 6.07) is 14.4. The molecule has 0 radical (unpaired) electrons. The summed E-state index contributed by atoms with van der Waals surface area (Å²) in [5, 5.41) is 3.38. The first kappa shape index (κ1) is 24.8. The van der Waals surface area contributed by atoms with Crippen LogP contribution in [0.3, 0.4) is 0 Å². The van der Waals surface area contributed by atoms with Crippen molar-refractivity contribution in [3.05, 3.63) is 70.8 Å². The van der Waals surface area contributed by atoms with E-state index < -0.39 is 5.92 Å². The van der Waals surface area contributed by atoms with Gasteiger partial charge in [0, 0.05) is 36.7 Å². The fourth-order valence-corrected chi connectivity index (χ4v) is 6.13. The summed E-state index contributed by atoms with van der Waals surface area (Å²) >= 11 is 0. The largest absolute Gasteiger partial charge is 0.381 e. The van der Waals surface area contributed by atoms with Gasteiger partial charge < -0.3 is 10.1 Å². The molecule has 1 aliphatic heterocycles. The molecule has 1 N–H and O–H groups in total. The highest BCUT2D eigenvalue weighted by Crippen LogP contribution is 2.64. The number of alkyl halides is 2. The van der Waals surface area contributed by atoms with Crippen LogP contribution in [0.4, 0.5) is 8.78 Å². The third kappa shape index (κ3) is 4.77. The summed E-state index contributed by atoms with van der Waals surface area (Å²) in [7, 11) is 0. The zero-order valence-corrected chi connectivity index (χ0v) is 20.6. The maximum absolute atomic E-state index is 13.8. The molecule has 2 atom stereocenters. The maximum Gasteiger partial charge on any atom is 0.270 e. The summed E-state index contributed by atoms with van der Waals surface area (Å²) in [5.74, 6) is -3.13. The Hall–Kier alpha value is -2.27. The summed E-state index contributed by atoms with van der Waals surface area (Å²) < 4.78 is 33.5. The first-order chi connectivity index (χ1) is 16.2. The lowest BCUT2D eigenvalue weighted by molar-refractivity contribution is -0.0917. The Labute approximate surface area is 202 Å². The Kier molecular flexibility index (Phi) is 7.14. The van der Waals surface area contributed by atoms with Crippen LogP contribution < -0.4 is 5.32 Å². The van der Waals surface area contributed by atoms with Crippen LogP contribution in [0.1, 0.15) is 91.9 Å². The van der Waals surface area contributed by atoms with E-state index in [2.05, 4.69) is 24.4 Å². The quantitative estimate of drug-likeness (QED) is 0.480. The summed E-state index contributed by atoms with van der Waals surface area (Å²) in [6.45, 7) is 6.57. The number of amides is 1. The molecule has 1 heterocycles. The van der Waals surface area contributed by atoms with E-state index in [9.17, 15) is 13.6 Å². The molecule has 2 aliphatic rings. The molecule has 184 valence electrons. The van der Waals surface area contributed by atoms with Crippen molar-refractivity contribution in [1.29, 1.82) is 0 Å². The van der Waals surface area contributed by atoms with Crippen LogP contribution in [-0.4, -0.2) is 19.1 Å². The van der Waals surface area contributed by atoms with Crippen molar-refractivity contribution in [2.24, 2.45) is 10.8 Å². The number of rotatable bonds is 6. The van der Waals surface area contributed by atoms with Crippen LogP contribution in [0.5, 0.6) is 0 Å². The third-order valence-electron chi connectivity index (χ3n) is 8.45. The van der Waals surface area contributed by atoms with Gasteiger partial charge in [-0.15, -0.1) is 0 Å². The van der Waals surface area contributed by atoms with Crippen LogP contribution >= 0.6 is 0 Å². The molecular formula is C29H37F2NO2. The van der Waals surface area contributed by atoms with Gasteiger partial charge in [0.25, 0.3) is 11.8 Å². The standard InChI is InChI=1S/C29H37F2NO2/c1-21-20-23(28(3,30)31)12-13-24(21)26(33)32-25(22-10-5-4-6-11-22)29(15-9-16-29)27(2)14-7-8-18-34-19-17-27/h4-6,10-13,20,25H,7-9,14-19H2,1-3H3,(H,32,33). The van der Waals surface area contributed by atoms with Crippen LogP contribution in [0.2, 0.25) is 0 Å². The average molecular weight is 470 g/mol. The van der Waals surface area contributed by atoms with Gasteiger partial charge in [-0.3, -0.25) is 4.79 Å². The Bertz CT molecular complexity index is 987. The summed E-state index contributed by atoms with van der Waals surface area (Å²) in [5.41, 5.74) is 2.04. The van der Waals surface area contributed by atoms with E-state index in [1.807, 2.05) is 18.2 Å². The van der Waals surface area contributed by atoms with Gasteiger partial charge in [-0.25, -0.2) is 8.78 Å². The van der Waals surface area contributed by atoms with Crippen molar-refractivity contribution in [2.75, 3.05) is 13.2 Å². The molecular weight excluding hydrogens is 432 g/mol. The molecule has 2 aromatic carbocycles. The fraction of sp³-hybridized carbons (Fsp3) is 0.552. The molecule has 2 fully saturated rings. The average Bonchev–Trinajstić information content (AvgIpc) is 2.75. The lowest BCUT2D eigenvalue weighted by atomic mass is 9.47. The number of nitrogens with one attached hydrogen (secondary N) is 1. The molecule has 0 bridgehead atoms. The molecule has 0 spiro atoms. The van der Waals surface area contributed by atoms with Crippen molar-refractivity contribution in [1.82, 2.24) is 5.32 Å². The third-order valence-corrected chi connectivity index (χ3v) is 8.45. The highest BCUT2D eigenvalue weighted by molar-refractivity contribution is 5.96. The van der Waals surface area contributed by atoms with Crippen LogP contribution in [0, 0.1) is 17.8 Å². The number of carbonyl (C=O) groups is 1. The molecule has 1 saturated heterocycles. The smallest absolute Gasteiger partial charge is 0.270 e. The number of ether oxygens (including phenoxy) is 1. The molecule has 3 nitrogen and oxygen atoms in total. The molecule has 5 heteroatoms. The normalized spacial score (nSPS) is 23.8. The molecule has 2 aromatic rings. The Morgan fingerprint density at radius 1 is 1.00 bits per heavy atom.